The van der Waals surface area contributed by atoms with Crippen LogP contribution < -0.4 is 10.1 Å². The van der Waals surface area contributed by atoms with Crippen molar-refractivity contribution in [3.05, 3.63) is 58.3 Å². The summed E-state index contributed by atoms with van der Waals surface area (Å²) in [5, 5.41) is 3.03. The smallest absolute Gasteiger partial charge is 0.405 e. The van der Waals surface area contributed by atoms with Crippen molar-refractivity contribution in [3.63, 3.8) is 0 Å². The average Bonchev–Trinajstić information content (AvgIpc) is 2.40. The zero-order valence-electron chi connectivity index (χ0n) is 10.5. The molecule has 0 aliphatic carbocycles. The number of ether oxygens (including phenoxy) is 1. The van der Waals surface area contributed by atoms with Crippen LogP contribution in [0.2, 0.25) is 0 Å². The maximum atomic E-state index is 12.7. The molecule has 0 saturated carbocycles. The maximum absolute atomic E-state index is 12.7. The summed E-state index contributed by atoms with van der Waals surface area (Å²) in [4.78, 5) is 0. The van der Waals surface area contributed by atoms with Gasteiger partial charge < -0.3 is 10.1 Å². The number of nitrogens with one attached hydrogen (secondary N) is 1. The van der Waals surface area contributed by atoms with Crippen molar-refractivity contribution in [3.8, 4) is 5.75 Å². The third-order valence-corrected chi connectivity index (χ3v) is 3.18. The van der Waals surface area contributed by atoms with Crippen LogP contribution in [0.1, 0.15) is 5.56 Å². The topological polar surface area (TPSA) is 21.3 Å². The molecule has 2 aromatic carbocycles. The van der Waals surface area contributed by atoms with Gasteiger partial charge in [-0.05, 0) is 57.9 Å². The summed E-state index contributed by atoms with van der Waals surface area (Å²) in [7, 11) is 0. The number of alkyl halides is 3. The molecule has 0 heterocycles. The highest BCUT2D eigenvalue weighted by molar-refractivity contribution is 9.10. The third-order valence-electron chi connectivity index (χ3n) is 2.56. The van der Waals surface area contributed by atoms with Crippen LogP contribution in [-0.2, 0) is 6.54 Å². The van der Waals surface area contributed by atoms with E-state index in [1.54, 1.807) is 12.1 Å². The SMILES string of the molecule is Fc1ccc(NCc2ccc(OC(F)(F)F)c(Br)c2)cc1. The van der Waals surface area contributed by atoms with Gasteiger partial charge in [0.25, 0.3) is 0 Å². The first-order chi connectivity index (χ1) is 9.83. The molecule has 0 saturated heterocycles. The molecule has 0 fully saturated rings. The Bertz CT molecular complexity index is 613. The van der Waals surface area contributed by atoms with E-state index < -0.39 is 6.36 Å². The molecule has 0 aliphatic heterocycles. The Morgan fingerprint density at radius 1 is 1.05 bits per heavy atom. The Hall–Kier alpha value is -1.76. The molecule has 2 nitrogen and oxygen atoms in total. The van der Waals surface area contributed by atoms with Crippen molar-refractivity contribution in [2.45, 2.75) is 12.9 Å². The Morgan fingerprint density at radius 2 is 1.71 bits per heavy atom. The van der Waals surface area contributed by atoms with E-state index in [1.807, 2.05) is 0 Å². The fourth-order valence-corrected chi connectivity index (χ4v) is 2.14. The van der Waals surface area contributed by atoms with Gasteiger partial charge in [0.1, 0.15) is 11.6 Å². The van der Waals surface area contributed by atoms with Crippen molar-refractivity contribution in [2.24, 2.45) is 0 Å². The summed E-state index contributed by atoms with van der Waals surface area (Å²) in [6.07, 6.45) is -4.73. The normalized spacial score (nSPS) is 11.3. The van der Waals surface area contributed by atoms with Crippen LogP contribution in [-0.4, -0.2) is 6.36 Å². The van der Waals surface area contributed by atoms with Gasteiger partial charge in [0.2, 0.25) is 0 Å². The van der Waals surface area contributed by atoms with Crippen molar-refractivity contribution >= 4 is 21.6 Å². The van der Waals surface area contributed by atoms with E-state index in [4.69, 9.17) is 0 Å². The number of halogens is 5. The summed E-state index contributed by atoms with van der Waals surface area (Å²) >= 11 is 3.03. The van der Waals surface area contributed by atoms with E-state index in [0.29, 0.717) is 12.2 Å². The average molecular weight is 364 g/mol. The predicted molar refractivity (Wildman–Crippen MR) is 74.6 cm³/mol. The van der Waals surface area contributed by atoms with Gasteiger partial charge in [-0.3, -0.25) is 0 Å². The Balaban J connectivity index is 2.01. The number of rotatable bonds is 4. The minimum Gasteiger partial charge on any atom is -0.405 e. The second kappa shape index (κ2) is 6.34. The van der Waals surface area contributed by atoms with Crippen LogP contribution in [0.25, 0.3) is 0 Å². The number of hydrogen-bond donors (Lipinski definition) is 1. The fraction of sp³-hybridized carbons (Fsp3) is 0.143. The zero-order valence-corrected chi connectivity index (χ0v) is 12.1. The van der Waals surface area contributed by atoms with Gasteiger partial charge in [-0.2, -0.15) is 0 Å². The van der Waals surface area contributed by atoms with Crippen LogP contribution >= 0.6 is 15.9 Å². The third kappa shape index (κ3) is 4.93. The molecular weight excluding hydrogens is 354 g/mol. The van der Waals surface area contributed by atoms with E-state index >= 15 is 0 Å². The lowest BCUT2D eigenvalue weighted by Crippen LogP contribution is -2.17. The van der Waals surface area contributed by atoms with Gasteiger partial charge in [0.05, 0.1) is 4.47 Å². The molecule has 0 aliphatic rings. The summed E-state index contributed by atoms with van der Waals surface area (Å²) in [5.41, 5.74) is 1.46. The largest absolute Gasteiger partial charge is 0.573 e. The molecule has 1 N–H and O–H groups in total. The molecule has 2 aromatic rings. The molecular formula is C14H10BrF4NO. The highest BCUT2D eigenvalue weighted by atomic mass is 79.9. The van der Waals surface area contributed by atoms with E-state index in [0.717, 1.165) is 5.56 Å². The summed E-state index contributed by atoms with van der Waals surface area (Å²) in [6, 6.07) is 10.1. The van der Waals surface area contributed by atoms with Crippen molar-refractivity contribution in [1.29, 1.82) is 0 Å². The molecule has 7 heteroatoms. The molecule has 0 spiro atoms. The van der Waals surface area contributed by atoms with Crippen LogP contribution in [0.15, 0.2) is 46.9 Å². The minimum absolute atomic E-state index is 0.207. The van der Waals surface area contributed by atoms with Crippen LogP contribution in [0.3, 0.4) is 0 Å². The van der Waals surface area contributed by atoms with Crippen molar-refractivity contribution in [1.82, 2.24) is 0 Å². The zero-order chi connectivity index (χ0) is 15.5. The Morgan fingerprint density at radius 3 is 2.29 bits per heavy atom. The lowest BCUT2D eigenvalue weighted by molar-refractivity contribution is -0.274. The fourth-order valence-electron chi connectivity index (χ4n) is 1.63. The first-order valence-corrected chi connectivity index (χ1v) is 6.66. The van der Waals surface area contributed by atoms with Gasteiger partial charge in [-0.1, -0.05) is 6.07 Å². The summed E-state index contributed by atoms with van der Waals surface area (Å²) < 4.78 is 53.2. The van der Waals surface area contributed by atoms with Gasteiger partial charge in [0, 0.05) is 12.2 Å². The van der Waals surface area contributed by atoms with Gasteiger partial charge >= 0.3 is 6.36 Å². The number of anilines is 1. The van der Waals surface area contributed by atoms with E-state index in [1.165, 1.54) is 30.3 Å². The molecule has 2 rings (SSSR count). The lowest BCUT2D eigenvalue weighted by Gasteiger charge is -2.12. The maximum Gasteiger partial charge on any atom is 0.573 e. The molecule has 0 aromatic heterocycles. The Labute approximate surface area is 126 Å². The molecule has 0 unspecified atom stereocenters. The number of benzene rings is 2. The molecule has 0 radical (unpaired) electrons. The monoisotopic (exact) mass is 363 g/mol. The first kappa shape index (κ1) is 15.6. The summed E-state index contributed by atoms with van der Waals surface area (Å²) in [6.45, 7) is 0.385. The Kier molecular flexibility index (Phi) is 4.72. The van der Waals surface area contributed by atoms with Crippen molar-refractivity contribution < 1.29 is 22.3 Å². The quantitative estimate of drug-likeness (QED) is 0.763. The second-order valence-corrected chi connectivity index (χ2v) is 5.03. The molecule has 112 valence electrons. The molecule has 0 atom stereocenters. The molecule has 0 amide bonds. The van der Waals surface area contributed by atoms with Crippen LogP contribution in [0, 0.1) is 5.82 Å². The van der Waals surface area contributed by atoms with Gasteiger partial charge in [-0.25, -0.2) is 4.39 Å². The standard InChI is InChI=1S/C14H10BrF4NO/c15-12-7-9(1-6-13(12)21-14(17,18)19)8-20-11-4-2-10(16)3-5-11/h1-7,20H,8H2. The van der Waals surface area contributed by atoms with Gasteiger partial charge in [0.15, 0.2) is 0 Å². The number of hydrogen-bond acceptors (Lipinski definition) is 2. The van der Waals surface area contributed by atoms with Gasteiger partial charge in [-0.15, -0.1) is 13.2 Å². The predicted octanol–water partition coefficient (Wildman–Crippen LogP) is 5.10. The molecule has 0 bridgehead atoms. The first-order valence-electron chi connectivity index (χ1n) is 5.87. The highest BCUT2D eigenvalue weighted by Crippen LogP contribution is 2.31. The minimum atomic E-state index is -4.73. The van der Waals surface area contributed by atoms with Crippen LogP contribution in [0.5, 0.6) is 5.75 Å². The highest BCUT2D eigenvalue weighted by Gasteiger charge is 2.31. The van der Waals surface area contributed by atoms with Crippen molar-refractivity contribution in [2.75, 3.05) is 5.32 Å². The van der Waals surface area contributed by atoms with E-state index in [-0.39, 0.29) is 16.0 Å². The lowest BCUT2D eigenvalue weighted by atomic mass is 10.2. The summed E-state index contributed by atoms with van der Waals surface area (Å²) in [5.74, 6) is -0.634. The molecule has 21 heavy (non-hydrogen) atoms. The van der Waals surface area contributed by atoms with E-state index in [9.17, 15) is 17.6 Å². The van der Waals surface area contributed by atoms with E-state index in [2.05, 4.69) is 26.0 Å². The van der Waals surface area contributed by atoms with Crippen LogP contribution in [0.4, 0.5) is 23.2 Å². The second-order valence-electron chi connectivity index (χ2n) is 4.17.